The van der Waals surface area contributed by atoms with Crippen LogP contribution >= 0.6 is 11.8 Å². The third kappa shape index (κ3) is 5.47. The predicted octanol–water partition coefficient (Wildman–Crippen LogP) is 2.74. The van der Waals surface area contributed by atoms with Crippen molar-refractivity contribution < 1.29 is 13.9 Å². The SMILES string of the molecule is Cc1ccc(OCc2nnc(SCC(=O)NCc3ccccc3F)n2N)c(C)c1. The lowest BCUT2D eigenvalue weighted by molar-refractivity contribution is -0.118. The summed E-state index contributed by atoms with van der Waals surface area (Å²) < 4.78 is 20.7. The smallest absolute Gasteiger partial charge is 0.230 e. The van der Waals surface area contributed by atoms with E-state index in [1.807, 2.05) is 32.0 Å². The van der Waals surface area contributed by atoms with Crippen LogP contribution in [0, 0.1) is 19.7 Å². The molecule has 1 amide bonds. The number of hydrogen-bond donors (Lipinski definition) is 2. The summed E-state index contributed by atoms with van der Waals surface area (Å²) in [6, 6.07) is 12.2. The molecule has 29 heavy (non-hydrogen) atoms. The molecule has 152 valence electrons. The van der Waals surface area contributed by atoms with Gasteiger partial charge < -0.3 is 15.9 Å². The highest BCUT2D eigenvalue weighted by molar-refractivity contribution is 7.99. The number of thioether (sulfide) groups is 1. The van der Waals surface area contributed by atoms with Gasteiger partial charge in [0, 0.05) is 12.1 Å². The molecule has 2 aromatic carbocycles. The fraction of sp³-hybridized carbons (Fsp3) is 0.250. The van der Waals surface area contributed by atoms with Crippen molar-refractivity contribution in [2.24, 2.45) is 0 Å². The molecule has 0 radical (unpaired) electrons. The van der Waals surface area contributed by atoms with Crippen molar-refractivity contribution in [2.45, 2.75) is 32.2 Å². The number of carbonyl (C=O) groups is 1. The van der Waals surface area contributed by atoms with E-state index in [-0.39, 0.29) is 30.6 Å². The van der Waals surface area contributed by atoms with Gasteiger partial charge in [-0.25, -0.2) is 9.07 Å². The number of aryl methyl sites for hydroxylation is 2. The summed E-state index contributed by atoms with van der Waals surface area (Å²) >= 11 is 1.15. The minimum atomic E-state index is -0.351. The zero-order valence-corrected chi connectivity index (χ0v) is 17.0. The number of benzene rings is 2. The second kappa shape index (κ2) is 9.42. The molecule has 3 rings (SSSR count). The summed E-state index contributed by atoms with van der Waals surface area (Å²) in [5, 5.41) is 11.1. The van der Waals surface area contributed by atoms with E-state index in [0.717, 1.165) is 28.6 Å². The molecular formula is C20H22FN5O2S. The summed E-state index contributed by atoms with van der Waals surface area (Å²) in [6.07, 6.45) is 0. The number of nitrogens with one attached hydrogen (secondary N) is 1. The monoisotopic (exact) mass is 415 g/mol. The lowest BCUT2D eigenvalue weighted by atomic mass is 10.1. The van der Waals surface area contributed by atoms with E-state index in [1.165, 1.54) is 10.7 Å². The Morgan fingerprint density at radius 1 is 1.24 bits per heavy atom. The van der Waals surface area contributed by atoms with Crippen LogP contribution in [0.25, 0.3) is 0 Å². The van der Waals surface area contributed by atoms with Gasteiger partial charge in [-0.3, -0.25) is 4.79 Å². The summed E-state index contributed by atoms with van der Waals surface area (Å²) in [4.78, 5) is 12.0. The van der Waals surface area contributed by atoms with E-state index in [0.29, 0.717) is 16.5 Å². The van der Waals surface area contributed by atoms with Gasteiger partial charge in [-0.2, -0.15) is 0 Å². The molecule has 0 aliphatic carbocycles. The predicted molar refractivity (Wildman–Crippen MR) is 109 cm³/mol. The second-order valence-corrected chi connectivity index (χ2v) is 7.43. The van der Waals surface area contributed by atoms with Crippen LogP contribution in [-0.4, -0.2) is 26.5 Å². The van der Waals surface area contributed by atoms with Crippen molar-refractivity contribution in [1.29, 1.82) is 0 Å². The molecule has 0 unspecified atom stereocenters. The summed E-state index contributed by atoms with van der Waals surface area (Å²) in [7, 11) is 0. The van der Waals surface area contributed by atoms with E-state index >= 15 is 0 Å². The van der Waals surface area contributed by atoms with E-state index in [1.54, 1.807) is 18.2 Å². The Hall–Kier alpha value is -3.07. The molecule has 0 atom stereocenters. The number of amides is 1. The lowest BCUT2D eigenvalue weighted by Crippen LogP contribution is -2.25. The summed E-state index contributed by atoms with van der Waals surface area (Å²) in [6.45, 7) is 4.27. The second-order valence-electron chi connectivity index (χ2n) is 6.48. The quantitative estimate of drug-likeness (QED) is 0.434. The molecule has 3 N–H and O–H groups in total. The topological polar surface area (TPSA) is 95.1 Å². The van der Waals surface area contributed by atoms with Gasteiger partial charge in [0.05, 0.1) is 5.75 Å². The molecule has 0 aliphatic heterocycles. The molecule has 3 aromatic rings. The Bertz CT molecular complexity index is 1010. The minimum Gasteiger partial charge on any atom is -0.485 e. The van der Waals surface area contributed by atoms with E-state index in [9.17, 15) is 9.18 Å². The number of nitrogen functional groups attached to an aromatic ring is 1. The van der Waals surface area contributed by atoms with Gasteiger partial charge in [-0.15, -0.1) is 10.2 Å². The standard InChI is InChI=1S/C20H22FN5O2S/c1-13-7-8-17(14(2)9-13)28-11-18-24-25-20(26(18)22)29-12-19(27)23-10-15-5-3-4-6-16(15)21/h3-9H,10-12,22H2,1-2H3,(H,23,27). The number of hydrogen-bond acceptors (Lipinski definition) is 6. The van der Waals surface area contributed by atoms with E-state index in [2.05, 4.69) is 15.5 Å². The fourth-order valence-electron chi connectivity index (χ4n) is 2.62. The Balaban J connectivity index is 1.50. The van der Waals surface area contributed by atoms with Crippen LogP contribution in [-0.2, 0) is 17.9 Å². The molecular weight excluding hydrogens is 393 g/mol. The van der Waals surface area contributed by atoms with Gasteiger partial charge in [0.1, 0.15) is 18.2 Å². The molecule has 9 heteroatoms. The van der Waals surface area contributed by atoms with E-state index < -0.39 is 0 Å². The Morgan fingerprint density at radius 3 is 2.79 bits per heavy atom. The third-order valence-electron chi connectivity index (χ3n) is 4.19. The zero-order valence-electron chi connectivity index (χ0n) is 16.2. The molecule has 0 aliphatic rings. The molecule has 0 spiro atoms. The first-order chi connectivity index (χ1) is 13.9. The highest BCUT2D eigenvalue weighted by atomic mass is 32.2. The van der Waals surface area contributed by atoms with Crippen LogP contribution < -0.4 is 15.9 Å². The molecule has 1 heterocycles. The maximum Gasteiger partial charge on any atom is 0.230 e. The third-order valence-corrected chi connectivity index (χ3v) is 5.13. The molecule has 0 saturated heterocycles. The highest BCUT2D eigenvalue weighted by Crippen LogP contribution is 2.20. The Kier molecular flexibility index (Phi) is 6.71. The van der Waals surface area contributed by atoms with Crippen LogP contribution in [0.4, 0.5) is 4.39 Å². The Labute approximate surface area is 172 Å². The van der Waals surface area contributed by atoms with Crippen molar-refractivity contribution in [1.82, 2.24) is 20.2 Å². The number of nitrogens with zero attached hydrogens (tertiary/aromatic N) is 3. The van der Waals surface area contributed by atoms with E-state index in [4.69, 9.17) is 10.6 Å². The van der Waals surface area contributed by atoms with Crippen molar-refractivity contribution in [3.05, 3.63) is 70.8 Å². The fourth-order valence-corrected chi connectivity index (χ4v) is 3.33. The van der Waals surface area contributed by atoms with Gasteiger partial charge in [0.2, 0.25) is 11.1 Å². The van der Waals surface area contributed by atoms with Gasteiger partial charge in [0.25, 0.3) is 0 Å². The maximum atomic E-state index is 13.6. The van der Waals surface area contributed by atoms with Gasteiger partial charge in [-0.1, -0.05) is 47.7 Å². The number of rotatable bonds is 8. The number of aromatic nitrogens is 3. The van der Waals surface area contributed by atoms with Crippen molar-refractivity contribution >= 4 is 17.7 Å². The van der Waals surface area contributed by atoms with Crippen LogP contribution in [0.5, 0.6) is 5.75 Å². The van der Waals surface area contributed by atoms with Crippen molar-refractivity contribution in [3.63, 3.8) is 0 Å². The molecule has 0 fully saturated rings. The van der Waals surface area contributed by atoms with Gasteiger partial charge in [0.15, 0.2) is 5.82 Å². The van der Waals surface area contributed by atoms with Crippen LogP contribution in [0.15, 0.2) is 47.6 Å². The minimum absolute atomic E-state index is 0.0850. The van der Waals surface area contributed by atoms with Crippen LogP contribution in [0.3, 0.4) is 0 Å². The average Bonchev–Trinajstić information content (AvgIpc) is 3.05. The normalized spacial score (nSPS) is 10.7. The van der Waals surface area contributed by atoms with Gasteiger partial charge in [-0.05, 0) is 31.5 Å². The first-order valence-electron chi connectivity index (χ1n) is 8.96. The molecule has 1 aromatic heterocycles. The summed E-state index contributed by atoms with van der Waals surface area (Å²) in [5.74, 6) is 6.68. The number of carbonyl (C=O) groups excluding carboxylic acids is 1. The van der Waals surface area contributed by atoms with Gasteiger partial charge >= 0.3 is 0 Å². The van der Waals surface area contributed by atoms with Crippen molar-refractivity contribution in [3.8, 4) is 5.75 Å². The zero-order chi connectivity index (χ0) is 20.8. The summed E-state index contributed by atoms with van der Waals surface area (Å²) in [5.41, 5.74) is 2.61. The number of halogens is 1. The molecule has 0 bridgehead atoms. The number of ether oxygens (including phenoxy) is 1. The Morgan fingerprint density at radius 2 is 2.03 bits per heavy atom. The van der Waals surface area contributed by atoms with Crippen LogP contribution in [0.1, 0.15) is 22.5 Å². The van der Waals surface area contributed by atoms with Crippen molar-refractivity contribution in [2.75, 3.05) is 11.6 Å². The molecule has 7 nitrogen and oxygen atoms in total. The number of nitrogens with two attached hydrogens (primary N) is 1. The average molecular weight is 415 g/mol. The maximum absolute atomic E-state index is 13.6. The molecule has 0 saturated carbocycles. The van der Waals surface area contributed by atoms with Crippen LogP contribution in [0.2, 0.25) is 0 Å². The lowest BCUT2D eigenvalue weighted by Gasteiger charge is -2.09. The highest BCUT2D eigenvalue weighted by Gasteiger charge is 2.13. The first-order valence-corrected chi connectivity index (χ1v) is 9.95. The largest absolute Gasteiger partial charge is 0.485 e. The first kappa shape index (κ1) is 20.7.